The number of anilines is 1. The van der Waals surface area contributed by atoms with Crippen molar-refractivity contribution in [3.8, 4) is 0 Å². The van der Waals surface area contributed by atoms with Crippen LogP contribution in [-0.4, -0.2) is 17.6 Å². The molecule has 1 aliphatic heterocycles. The minimum atomic E-state index is 0.502. The summed E-state index contributed by atoms with van der Waals surface area (Å²) in [5.41, 5.74) is 1.31. The predicted molar refractivity (Wildman–Crippen MR) is 101 cm³/mol. The minimum Gasteiger partial charge on any atom is -0.356 e. The van der Waals surface area contributed by atoms with E-state index >= 15 is 0 Å². The average Bonchev–Trinajstić information content (AvgIpc) is 2.98. The molecule has 1 heterocycles. The van der Waals surface area contributed by atoms with E-state index in [1.807, 2.05) is 0 Å². The molecule has 1 unspecified atom stereocenters. The van der Waals surface area contributed by atoms with E-state index in [2.05, 4.69) is 66.4 Å². The molecule has 128 valence electrons. The summed E-state index contributed by atoms with van der Waals surface area (Å²) in [6.07, 6.45) is 17.2. The van der Waals surface area contributed by atoms with E-state index in [-0.39, 0.29) is 0 Å². The molecule has 0 aromatic heterocycles. The van der Waals surface area contributed by atoms with Gasteiger partial charge in [-0.1, -0.05) is 77.0 Å². The lowest BCUT2D eigenvalue weighted by Gasteiger charge is -2.32. The van der Waals surface area contributed by atoms with Crippen molar-refractivity contribution in [2.45, 2.75) is 77.8 Å². The van der Waals surface area contributed by atoms with E-state index in [9.17, 15) is 0 Å². The Bertz CT molecular complexity index is 440. The molecule has 0 spiro atoms. The van der Waals surface area contributed by atoms with Crippen LogP contribution in [0.2, 0.25) is 0 Å². The van der Waals surface area contributed by atoms with Gasteiger partial charge in [0.1, 0.15) is 6.17 Å². The Balaban J connectivity index is 1.77. The maximum Gasteiger partial charge on any atom is 0.105 e. The predicted octanol–water partition coefficient (Wildman–Crippen LogP) is 6.16. The molecule has 1 aliphatic rings. The summed E-state index contributed by atoms with van der Waals surface area (Å²) in [4.78, 5) is 4.98. The molecular weight excluding hydrogens is 280 g/mol. The van der Waals surface area contributed by atoms with Crippen molar-refractivity contribution in [3.05, 3.63) is 42.7 Å². The van der Waals surface area contributed by atoms with Crippen LogP contribution in [0.3, 0.4) is 0 Å². The smallest absolute Gasteiger partial charge is 0.105 e. The molecule has 0 saturated heterocycles. The fourth-order valence-corrected chi connectivity index (χ4v) is 3.41. The van der Waals surface area contributed by atoms with E-state index in [0.717, 1.165) is 0 Å². The normalized spacial score (nSPS) is 17.2. The number of hydrogen-bond acceptors (Lipinski definition) is 2. The van der Waals surface area contributed by atoms with Gasteiger partial charge in [0.25, 0.3) is 0 Å². The van der Waals surface area contributed by atoms with Crippen molar-refractivity contribution in [1.82, 2.24) is 4.90 Å². The van der Waals surface area contributed by atoms with E-state index in [0.29, 0.717) is 6.17 Å². The first kappa shape index (κ1) is 17.9. The fourth-order valence-electron chi connectivity index (χ4n) is 3.41. The maximum atomic E-state index is 2.54. The molecule has 2 heteroatoms. The van der Waals surface area contributed by atoms with Gasteiger partial charge in [-0.15, -0.1) is 0 Å². The molecule has 2 rings (SSSR count). The Morgan fingerprint density at radius 2 is 1.48 bits per heavy atom. The van der Waals surface area contributed by atoms with Crippen molar-refractivity contribution >= 4 is 5.69 Å². The van der Waals surface area contributed by atoms with Crippen molar-refractivity contribution in [2.24, 2.45) is 0 Å². The van der Waals surface area contributed by atoms with Crippen molar-refractivity contribution < 1.29 is 0 Å². The van der Waals surface area contributed by atoms with Gasteiger partial charge >= 0.3 is 0 Å². The Morgan fingerprint density at radius 1 is 0.783 bits per heavy atom. The Morgan fingerprint density at radius 3 is 2.17 bits per heavy atom. The second-order valence-electron chi connectivity index (χ2n) is 6.67. The SMILES string of the molecule is CCCCCCCCCN1C=CN(c2ccccc2)C1CCC. The first-order valence-electron chi connectivity index (χ1n) is 9.64. The number of hydrogen-bond donors (Lipinski definition) is 0. The fraction of sp³-hybridized carbons (Fsp3) is 0.619. The lowest BCUT2D eigenvalue weighted by molar-refractivity contribution is 0.277. The van der Waals surface area contributed by atoms with E-state index in [1.54, 1.807) is 0 Å². The number of nitrogens with zero attached hydrogens (tertiary/aromatic N) is 2. The second-order valence-corrected chi connectivity index (χ2v) is 6.67. The molecule has 23 heavy (non-hydrogen) atoms. The van der Waals surface area contributed by atoms with Crippen LogP contribution in [0.4, 0.5) is 5.69 Å². The molecule has 1 atom stereocenters. The number of rotatable bonds is 11. The zero-order valence-corrected chi connectivity index (χ0v) is 15.1. The van der Waals surface area contributed by atoms with Crippen molar-refractivity contribution in [3.63, 3.8) is 0 Å². The Hall–Kier alpha value is -1.44. The largest absolute Gasteiger partial charge is 0.356 e. The summed E-state index contributed by atoms with van der Waals surface area (Å²) in [5, 5.41) is 0. The van der Waals surface area contributed by atoms with E-state index < -0.39 is 0 Å². The third-order valence-electron chi connectivity index (χ3n) is 4.74. The quantitative estimate of drug-likeness (QED) is 0.451. The summed E-state index contributed by atoms with van der Waals surface area (Å²) in [6.45, 7) is 5.76. The van der Waals surface area contributed by atoms with Gasteiger partial charge in [-0.2, -0.15) is 0 Å². The number of benzene rings is 1. The van der Waals surface area contributed by atoms with Crippen molar-refractivity contribution in [1.29, 1.82) is 0 Å². The molecule has 1 aromatic rings. The molecule has 1 aromatic carbocycles. The summed E-state index contributed by atoms with van der Waals surface area (Å²) < 4.78 is 0. The summed E-state index contributed by atoms with van der Waals surface area (Å²) in [5.74, 6) is 0. The maximum absolute atomic E-state index is 2.54. The van der Waals surface area contributed by atoms with Gasteiger partial charge in [0.2, 0.25) is 0 Å². The average molecular weight is 315 g/mol. The van der Waals surface area contributed by atoms with Gasteiger partial charge in [0.05, 0.1) is 0 Å². The van der Waals surface area contributed by atoms with Gasteiger partial charge in [-0.3, -0.25) is 0 Å². The minimum absolute atomic E-state index is 0.502. The van der Waals surface area contributed by atoms with E-state index in [1.165, 1.54) is 70.0 Å². The zero-order valence-electron chi connectivity index (χ0n) is 15.1. The van der Waals surface area contributed by atoms with Crippen LogP contribution < -0.4 is 4.90 Å². The van der Waals surface area contributed by atoms with Gasteiger partial charge in [0.15, 0.2) is 0 Å². The van der Waals surface area contributed by atoms with E-state index in [4.69, 9.17) is 0 Å². The molecule has 0 amide bonds. The van der Waals surface area contributed by atoms with Crippen LogP contribution >= 0.6 is 0 Å². The lowest BCUT2D eigenvalue weighted by atomic mass is 10.1. The van der Waals surface area contributed by atoms with Crippen LogP contribution in [0.5, 0.6) is 0 Å². The molecule has 0 saturated carbocycles. The van der Waals surface area contributed by atoms with Crippen LogP contribution in [0.15, 0.2) is 42.7 Å². The van der Waals surface area contributed by atoms with Crippen LogP contribution in [-0.2, 0) is 0 Å². The molecule has 0 aliphatic carbocycles. The molecule has 0 N–H and O–H groups in total. The van der Waals surface area contributed by atoms with Crippen molar-refractivity contribution in [2.75, 3.05) is 11.4 Å². The number of unbranched alkanes of at least 4 members (excludes halogenated alkanes) is 6. The van der Waals surface area contributed by atoms with Crippen LogP contribution in [0.25, 0.3) is 0 Å². The highest BCUT2D eigenvalue weighted by molar-refractivity contribution is 5.51. The first-order valence-corrected chi connectivity index (χ1v) is 9.64. The van der Waals surface area contributed by atoms with Crippen LogP contribution in [0, 0.1) is 0 Å². The Labute approximate surface area is 143 Å². The standard InChI is InChI=1S/C21H34N2/c1-3-5-6-7-8-9-13-17-22-18-19-23(21(22)14-4-2)20-15-11-10-12-16-20/h10-12,15-16,18-19,21H,3-9,13-14,17H2,1-2H3. The zero-order chi connectivity index (χ0) is 16.3. The lowest BCUT2D eigenvalue weighted by Crippen LogP contribution is -2.39. The van der Waals surface area contributed by atoms with Crippen LogP contribution in [0.1, 0.15) is 71.6 Å². The third-order valence-corrected chi connectivity index (χ3v) is 4.74. The summed E-state index contributed by atoms with van der Waals surface area (Å²) >= 11 is 0. The second kappa shape index (κ2) is 10.4. The first-order chi connectivity index (χ1) is 11.4. The molecule has 2 nitrogen and oxygen atoms in total. The highest BCUT2D eigenvalue weighted by Crippen LogP contribution is 2.27. The Kier molecular flexibility index (Phi) is 8.06. The molecule has 0 fully saturated rings. The summed E-state index contributed by atoms with van der Waals surface area (Å²) in [6, 6.07) is 10.8. The van der Waals surface area contributed by atoms with Gasteiger partial charge in [0, 0.05) is 24.6 Å². The topological polar surface area (TPSA) is 6.48 Å². The highest BCUT2D eigenvalue weighted by atomic mass is 15.4. The molecule has 0 bridgehead atoms. The molecular formula is C21H34N2. The number of para-hydroxylation sites is 1. The highest BCUT2D eigenvalue weighted by Gasteiger charge is 2.25. The summed E-state index contributed by atoms with van der Waals surface area (Å²) in [7, 11) is 0. The monoisotopic (exact) mass is 314 g/mol. The van der Waals surface area contributed by atoms with Gasteiger partial charge < -0.3 is 9.80 Å². The van der Waals surface area contributed by atoms with Gasteiger partial charge in [-0.05, 0) is 25.0 Å². The third kappa shape index (κ3) is 5.60. The molecule has 0 radical (unpaired) electrons. The van der Waals surface area contributed by atoms with Gasteiger partial charge in [-0.25, -0.2) is 0 Å².